The highest BCUT2D eigenvalue weighted by Gasteiger charge is 2.26. The van der Waals surface area contributed by atoms with Crippen molar-refractivity contribution in [3.8, 4) is 5.75 Å². The lowest BCUT2D eigenvalue weighted by molar-refractivity contribution is 0.0734. The largest absolute Gasteiger partial charge is 0.497 e. The van der Waals surface area contributed by atoms with E-state index in [0.717, 1.165) is 69.0 Å². The minimum absolute atomic E-state index is 0.0114. The number of thiophene rings is 1. The number of β-amino-alcohol motifs (C(OH)–C–C–N with tert-alkyl or cyclic N) is 1. The van der Waals surface area contributed by atoms with Crippen molar-refractivity contribution in [2.75, 3.05) is 25.1 Å². The Balaban J connectivity index is 1.56. The molecule has 1 unspecified atom stereocenters. The lowest BCUT2D eigenvalue weighted by Crippen LogP contribution is -2.40. The van der Waals surface area contributed by atoms with Gasteiger partial charge in [-0.1, -0.05) is 30.3 Å². The molecule has 0 saturated carbocycles. The number of nitrogens with zero attached hydrogens (tertiary/aromatic N) is 3. The number of ether oxygens (including phenoxy) is 1. The maximum Gasteiger partial charge on any atom is 0.264 e. The standard InChI is InChI=1S/C30H33N3O3S/c1-20-6-4-7-23-16-24(29(31-27(20)23)32-14-5-8-25(34)19-32)18-33(30(35)28-21(2)13-15-37-28)17-22-9-11-26(36-3)12-10-22/h4,6-7,9-13,15-16,25,34H,5,8,14,17-19H2,1-3H3. The summed E-state index contributed by atoms with van der Waals surface area (Å²) in [6.45, 7) is 6.33. The Kier molecular flexibility index (Phi) is 7.44. The molecule has 1 aliphatic rings. The van der Waals surface area contributed by atoms with Crippen molar-refractivity contribution in [2.45, 2.75) is 45.9 Å². The Bertz CT molecular complexity index is 1400. The molecular formula is C30H33N3O3S. The van der Waals surface area contributed by atoms with Crippen LogP contribution < -0.4 is 9.64 Å². The number of hydrogen-bond donors (Lipinski definition) is 1. The molecular weight excluding hydrogens is 482 g/mol. The van der Waals surface area contributed by atoms with Crippen molar-refractivity contribution < 1.29 is 14.6 Å². The zero-order valence-corrected chi connectivity index (χ0v) is 22.4. The van der Waals surface area contributed by atoms with E-state index < -0.39 is 0 Å². The third-order valence-corrected chi connectivity index (χ3v) is 8.04. The molecule has 5 rings (SSSR count). The SMILES string of the molecule is COc1ccc(CN(Cc2cc3cccc(C)c3nc2N2CCCC(O)C2)C(=O)c2sccc2C)cc1. The predicted octanol–water partition coefficient (Wildman–Crippen LogP) is 5.73. The van der Waals surface area contributed by atoms with Crippen molar-refractivity contribution >= 4 is 34.0 Å². The monoisotopic (exact) mass is 515 g/mol. The second kappa shape index (κ2) is 10.9. The summed E-state index contributed by atoms with van der Waals surface area (Å²) >= 11 is 1.48. The fourth-order valence-corrected chi connectivity index (χ4v) is 5.90. The number of piperidine rings is 1. The number of aliphatic hydroxyl groups is 1. The van der Waals surface area contributed by atoms with E-state index in [1.807, 2.05) is 53.6 Å². The van der Waals surface area contributed by atoms with E-state index in [2.05, 4.69) is 30.0 Å². The summed E-state index contributed by atoms with van der Waals surface area (Å²) in [5.74, 6) is 1.66. The second-order valence-corrected chi connectivity index (χ2v) is 10.7. The van der Waals surface area contributed by atoms with Crippen LogP contribution in [0.4, 0.5) is 5.82 Å². The van der Waals surface area contributed by atoms with Gasteiger partial charge in [0.25, 0.3) is 5.91 Å². The molecule has 1 N–H and O–H groups in total. The first-order valence-corrected chi connectivity index (χ1v) is 13.6. The molecule has 1 amide bonds. The molecule has 1 saturated heterocycles. The Hall–Kier alpha value is -3.42. The Labute approximate surface area is 222 Å². The summed E-state index contributed by atoms with van der Waals surface area (Å²) in [5.41, 5.74) is 5.08. The number of fused-ring (bicyclic) bond motifs is 1. The lowest BCUT2D eigenvalue weighted by atomic mass is 10.0. The first-order valence-electron chi connectivity index (χ1n) is 12.7. The van der Waals surface area contributed by atoms with E-state index in [4.69, 9.17) is 9.72 Å². The van der Waals surface area contributed by atoms with Gasteiger partial charge in [0.1, 0.15) is 11.6 Å². The maximum atomic E-state index is 13.9. The number of aromatic nitrogens is 1. The van der Waals surface area contributed by atoms with Gasteiger partial charge in [0.2, 0.25) is 0 Å². The highest BCUT2D eigenvalue weighted by Crippen LogP contribution is 2.30. The van der Waals surface area contributed by atoms with Gasteiger partial charge in [0.05, 0.1) is 30.2 Å². The first-order chi connectivity index (χ1) is 17.9. The molecule has 0 radical (unpaired) electrons. The summed E-state index contributed by atoms with van der Waals surface area (Å²) in [6.07, 6.45) is 1.34. The smallest absolute Gasteiger partial charge is 0.264 e. The third-order valence-electron chi connectivity index (χ3n) is 7.04. The zero-order valence-electron chi connectivity index (χ0n) is 21.6. The van der Waals surface area contributed by atoms with Crippen molar-refractivity contribution in [3.63, 3.8) is 0 Å². The van der Waals surface area contributed by atoms with E-state index >= 15 is 0 Å². The van der Waals surface area contributed by atoms with Gasteiger partial charge < -0.3 is 19.6 Å². The number of aryl methyl sites for hydroxylation is 2. The summed E-state index contributed by atoms with van der Waals surface area (Å²) in [7, 11) is 1.65. The number of rotatable bonds is 7. The molecule has 0 spiro atoms. The summed E-state index contributed by atoms with van der Waals surface area (Å²) in [6, 6.07) is 18.2. The van der Waals surface area contributed by atoms with Gasteiger partial charge in [0.15, 0.2) is 0 Å². The van der Waals surface area contributed by atoms with Crippen LogP contribution in [0.1, 0.15) is 44.8 Å². The number of hydrogen-bond acceptors (Lipinski definition) is 6. The Morgan fingerprint density at radius 3 is 2.65 bits per heavy atom. The van der Waals surface area contributed by atoms with Crippen LogP contribution in [0.3, 0.4) is 0 Å². The molecule has 6 nitrogen and oxygen atoms in total. The normalized spacial score (nSPS) is 15.7. The fourth-order valence-electron chi connectivity index (χ4n) is 5.01. The van der Waals surface area contributed by atoms with Crippen LogP contribution in [0.5, 0.6) is 5.75 Å². The second-order valence-electron chi connectivity index (χ2n) is 9.80. The van der Waals surface area contributed by atoms with Gasteiger partial charge >= 0.3 is 0 Å². The quantitative estimate of drug-likeness (QED) is 0.341. The minimum Gasteiger partial charge on any atom is -0.497 e. The average Bonchev–Trinajstić information content (AvgIpc) is 3.34. The average molecular weight is 516 g/mol. The molecule has 4 aromatic rings. The minimum atomic E-state index is -0.373. The van der Waals surface area contributed by atoms with Crippen LogP contribution in [0.2, 0.25) is 0 Å². The molecule has 7 heteroatoms. The maximum absolute atomic E-state index is 13.9. The molecule has 192 valence electrons. The summed E-state index contributed by atoms with van der Waals surface area (Å²) in [4.78, 5) is 23.8. The molecule has 3 heterocycles. The first kappa shape index (κ1) is 25.2. The van der Waals surface area contributed by atoms with Crippen molar-refractivity contribution in [1.82, 2.24) is 9.88 Å². The third kappa shape index (κ3) is 5.48. The van der Waals surface area contributed by atoms with E-state index in [9.17, 15) is 9.90 Å². The van der Waals surface area contributed by atoms with Gasteiger partial charge in [0, 0.05) is 30.6 Å². The number of methoxy groups -OCH3 is 1. The number of aliphatic hydroxyl groups excluding tert-OH is 1. The number of anilines is 1. The van der Waals surface area contributed by atoms with E-state index in [1.54, 1.807) is 7.11 Å². The topological polar surface area (TPSA) is 65.9 Å². The van der Waals surface area contributed by atoms with Gasteiger partial charge in [-0.05, 0) is 73.0 Å². The number of amides is 1. The van der Waals surface area contributed by atoms with Crippen molar-refractivity contribution in [3.05, 3.63) is 87.1 Å². The van der Waals surface area contributed by atoms with E-state index in [1.165, 1.54) is 11.3 Å². The highest BCUT2D eigenvalue weighted by molar-refractivity contribution is 7.12. The molecule has 1 atom stereocenters. The van der Waals surface area contributed by atoms with Gasteiger partial charge in [-0.2, -0.15) is 0 Å². The summed E-state index contributed by atoms with van der Waals surface area (Å²) < 4.78 is 5.32. The Morgan fingerprint density at radius 1 is 1.14 bits per heavy atom. The molecule has 0 bridgehead atoms. The van der Waals surface area contributed by atoms with E-state index in [-0.39, 0.29) is 12.0 Å². The van der Waals surface area contributed by atoms with Gasteiger partial charge in [-0.25, -0.2) is 4.98 Å². The lowest BCUT2D eigenvalue weighted by Gasteiger charge is -2.33. The number of pyridine rings is 1. The highest BCUT2D eigenvalue weighted by atomic mass is 32.1. The van der Waals surface area contributed by atoms with Crippen LogP contribution in [0.15, 0.2) is 60.0 Å². The van der Waals surface area contributed by atoms with Gasteiger partial charge in [-0.3, -0.25) is 4.79 Å². The number of carbonyl (C=O) groups is 1. The number of carbonyl (C=O) groups excluding carboxylic acids is 1. The zero-order chi connectivity index (χ0) is 25.9. The van der Waals surface area contributed by atoms with Gasteiger partial charge in [-0.15, -0.1) is 11.3 Å². The van der Waals surface area contributed by atoms with Crippen LogP contribution in [-0.4, -0.2) is 47.2 Å². The molecule has 2 aromatic carbocycles. The van der Waals surface area contributed by atoms with Crippen molar-refractivity contribution in [2.24, 2.45) is 0 Å². The molecule has 37 heavy (non-hydrogen) atoms. The Morgan fingerprint density at radius 2 is 1.95 bits per heavy atom. The molecule has 0 aliphatic carbocycles. The fraction of sp³-hybridized carbons (Fsp3) is 0.333. The van der Waals surface area contributed by atoms with E-state index in [0.29, 0.717) is 19.6 Å². The van der Waals surface area contributed by atoms with Crippen LogP contribution in [0.25, 0.3) is 10.9 Å². The number of para-hydroxylation sites is 1. The van der Waals surface area contributed by atoms with Crippen molar-refractivity contribution in [1.29, 1.82) is 0 Å². The molecule has 2 aromatic heterocycles. The molecule has 1 fully saturated rings. The predicted molar refractivity (Wildman–Crippen MR) is 150 cm³/mol. The van der Waals surface area contributed by atoms with Crippen LogP contribution in [0, 0.1) is 13.8 Å². The van der Waals surface area contributed by atoms with Crippen LogP contribution in [-0.2, 0) is 13.1 Å². The van der Waals surface area contributed by atoms with Crippen LogP contribution >= 0.6 is 11.3 Å². The summed E-state index contributed by atoms with van der Waals surface area (Å²) in [5, 5.41) is 13.4. The molecule has 1 aliphatic heterocycles. The number of benzene rings is 2.